The molecule has 16 heavy (non-hydrogen) atoms. The van der Waals surface area contributed by atoms with Crippen molar-refractivity contribution in [3.05, 3.63) is 0 Å². The second-order valence-electron chi connectivity index (χ2n) is 4.88. The van der Waals surface area contributed by atoms with Crippen LogP contribution in [0.15, 0.2) is 0 Å². The third-order valence-corrected chi connectivity index (χ3v) is 3.63. The number of hydrogen-bond acceptors (Lipinski definition) is 3. The monoisotopic (exact) mass is 227 g/mol. The smallest absolute Gasteiger partial charge is 0.251 e. The van der Waals surface area contributed by atoms with Crippen LogP contribution in [0, 0.1) is 5.92 Å². The summed E-state index contributed by atoms with van der Waals surface area (Å²) in [6, 6.07) is -0.0769. The number of nitrogens with zero attached hydrogens (tertiary/aromatic N) is 1. The summed E-state index contributed by atoms with van der Waals surface area (Å²) in [4.78, 5) is 13.7. The van der Waals surface area contributed by atoms with Gasteiger partial charge in [0, 0.05) is 6.54 Å². The number of hydrogen-bond donors (Lipinski definition) is 2. The summed E-state index contributed by atoms with van der Waals surface area (Å²) in [6.07, 6.45) is 7.50. The van der Waals surface area contributed by atoms with Gasteiger partial charge in [0.05, 0.1) is 6.04 Å². The highest BCUT2D eigenvalue weighted by Crippen LogP contribution is 2.24. The van der Waals surface area contributed by atoms with Gasteiger partial charge in [-0.3, -0.25) is 15.1 Å². The minimum atomic E-state index is -0.0769. The molecule has 4 nitrogen and oxygen atoms in total. The van der Waals surface area contributed by atoms with E-state index in [1.54, 1.807) is 0 Å². The van der Waals surface area contributed by atoms with Crippen molar-refractivity contribution in [3.8, 4) is 0 Å². The van der Waals surface area contributed by atoms with E-state index in [0.29, 0.717) is 0 Å². The highest BCUT2D eigenvalue weighted by Gasteiger charge is 2.23. The number of likely N-dealkylation sites (N-methyl/N-ethyl adjacent to an activating group) is 1. The van der Waals surface area contributed by atoms with Crippen LogP contribution in [-0.2, 0) is 4.79 Å². The second-order valence-corrected chi connectivity index (χ2v) is 4.88. The van der Waals surface area contributed by atoms with E-state index in [1.807, 2.05) is 14.0 Å². The first kappa shape index (κ1) is 13.5. The molecule has 0 saturated heterocycles. The summed E-state index contributed by atoms with van der Waals surface area (Å²) in [5, 5.41) is 0. The molecule has 3 N–H and O–H groups in total. The third kappa shape index (κ3) is 3.76. The molecule has 94 valence electrons. The zero-order chi connectivity index (χ0) is 12.0. The Bertz CT molecular complexity index is 214. The molecule has 0 heterocycles. The maximum Gasteiger partial charge on any atom is 0.251 e. The molecule has 4 heteroatoms. The van der Waals surface area contributed by atoms with Gasteiger partial charge >= 0.3 is 0 Å². The van der Waals surface area contributed by atoms with Crippen molar-refractivity contribution in [2.45, 2.75) is 51.5 Å². The molecule has 0 aromatic rings. The molecular formula is C12H25N3O. The average molecular weight is 227 g/mol. The van der Waals surface area contributed by atoms with Gasteiger partial charge in [-0.2, -0.15) is 0 Å². The molecule has 0 aromatic carbocycles. The van der Waals surface area contributed by atoms with Gasteiger partial charge in [-0.05, 0) is 32.2 Å². The van der Waals surface area contributed by atoms with Crippen molar-refractivity contribution in [3.63, 3.8) is 0 Å². The van der Waals surface area contributed by atoms with Crippen molar-refractivity contribution in [2.75, 3.05) is 13.6 Å². The van der Waals surface area contributed by atoms with E-state index in [4.69, 9.17) is 5.84 Å². The van der Waals surface area contributed by atoms with E-state index < -0.39 is 0 Å². The lowest BCUT2D eigenvalue weighted by atomic mass is 9.88. The lowest BCUT2D eigenvalue weighted by Gasteiger charge is -2.31. The summed E-state index contributed by atoms with van der Waals surface area (Å²) in [5.74, 6) is 5.89. The molecule has 0 bridgehead atoms. The van der Waals surface area contributed by atoms with Crippen LogP contribution < -0.4 is 11.3 Å². The number of carbonyl (C=O) groups is 1. The zero-order valence-electron chi connectivity index (χ0n) is 10.5. The molecule has 1 amide bonds. The standard InChI is InChI=1S/C12H25N3O/c1-3-11(12(16)14-13)15(2)9-10-7-5-4-6-8-10/h10-11H,3-9,13H2,1-2H3,(H,14,16). The van der Waals surface area contributed by atoms with Gasteiger partial charge in [-0.25, -0.2) is 5.84 Å². The third-order valence-electron chi connectivity index (χ3n) is 3.63. The average Bonchev–Trinajstić information content (AvgIpc) is 2.31. The molecule has 1 saturated carbocycles. The molecule has 1 fully saturated rings. The molecular weight excluding hydrogens is 202 g/mol. The van der Waals surface area contributed by atoms with Crippen LogP contribution in [-0.4, -0.2) is 30.4 Å². The van der Waals surface area contributed by atoms with Crippen LogP contribution in [0.1, 0.15) is 45.4 Å². The topological polar surface area (TPSA) is 58.4 Å². The Hall–Kier alpha value is -0.610. The second kappa shape index (κ2) is 6.86. The first-order valence-corrected chi connectivity index (χ1v) is 6.39. The van der Waals surface area contributed by atoms with E-state index in [2.05, 4.69) is 10.3 Å². The number of amides is 1. The van der Waals surface area contributed by atoms with E-state index >= 15 is 0 Å². The molecule has 1 atom stereocenters. The van der Waals surface area contributed by atoms with Crippen LogP contribution in [0.5, 0.6) is 0 Å². The number of carbonyl (C=O) groups excluding carboxylic acids is 1. The van der Waals surface area contributed by atoms with Crippen LogP contribution in [0.4, 0.5) is 0 Å². The predicted molar refractivity (Wildman–Crippen MR) is 65.6 cm³/mol. The first-order chi connectivity index (χ1) is 7.69. The Kier molecular flexibility index (Phi) is 5.77. The zero-order valence-corrected chi connectivity index (χ0v) is 10.5. The van der Waals surface area contributed by atoms with Gasteiger partial charge in [0.25, 0.3) is 5.91 Å². The number of nitrogens with two attached hydrogens (primary N) is 1. The molecule has 1 rings (SSSR count). The Labute approximate surface area is 98.5 Å². The van der Waals surface area contributed by atoms with Crippen molar-refractivity contribution in [1.29, 1.82) is 0 Å². The minimum absolute atomic E-state index is 0.0687. The van der Waals surface area contributed by atoms with Crippen LogP contribution in [0.2, 0.25) is 0 Å². The Morgan fingerprint density at radius 3 is 2.56 bits per heavy atom. The van der Waals surface area contributed by atoms with Gasteiger partial charge in [0.2, 0.25) is 0 Å². The summed E-state index contributed by atoms with van der Waals surface area (Å²) < 4.78 is 0. The molecule has 1 aliphatic rings. The van der Waals surface area contributed by atoms with Gasteiger partial charge in [-0.1, -0.05) is 26.2 Å². The van der Waals surface area contributed by atoms with E-state index in [1.165, 1.54) is 32.1 Å². The Balaban J connectivity index is 2.41. The normalized spacial score (nSPS) is 19.8. The van der Waals surface area contributed by atoms with Crippen LogP contribution in [0.3, 0.4) is 0 Å². The SMILES string of the molecule is CCC(C(=O)NN)N(C)CC1CCCCC1. The number of hydrazine groups is 1. The Morgan fingerprint density at radius 2 is 2.06 bits per heavy atom. The van der Waals surface area contributed by atoms with Crippen molar-refractivity contribution >= 4 is 5.91 Å². The van der Waals surface area contributed by atoms with Gasteiger partial charge in [0.1, 0.15) is 0 Å². The molecule has 0 radical (unpaired) electrons. The number of rotatable bonds is 5. The fourth-order valence-corrected chi connectivity index (χ4v) is 2.70. The fourth-order valence-electron chi connectivity index (χ4n) is 2.70. The molecule has 1 aliphatic carbocycles. The molecule has 0 aromatic heterocycles. The fraction of sp³-hybridized carbons (Fsp3) is 0.917. The largest absolute Gasteiger partial charge is 0.295 e. The minimum Gasteiger partial charge on any atom is -0.295 e. The van der Waals surface area contributed by atoms with Crippen molar-refractivity contribution in [2.24, 2.45) is 11.8 Å². The quantitative estimate of drug-likeness (QED) is 0.422. The molecule has 0 aliphatic heterocycles. The highest BCUT2D eigenvalue weighted by atomic mass is 16.2. The first-order valence-electron chi connectivity index (χ1n) is 6.39. The highest BCUT2D eigenvalue weighted by molar-refractivity contribution is 5.80. The van der Waals surface area contributed by atoms with Crippen molar-refractivity contribution < 1.29 is 4.79 Å². The summed E-state index contributed by atoms with van der Waals surface area (Å²) in [6.45, 7) is 3.04. The lowest BCUT2D eigenvalue weighted by molar-refractivity contribution is -0.126. The summed E-state index contributed by atoms with van der Waals surface area (Å²) >= 11 is 0. The van der Waals surface area contributed by atoms with Crippen LogP contribution in [0.25, 0.3) is 0 Å². The number of nitrogens with one attached hydrogen (secondary N) is 1. The van der Waals surface area contributed by atoms with Gasteiger partial charge in [-0.15, -0.1) is 0 Å². The van der Waals surface area contributed by atoms with Gasteiger partial charge < -0.3 is 0 Å². The predicted octanol–water partition coefficient (Wildman–Crippen LogP) is 1.27. The molecule has 0 spiro atoms. The maximum atomic E-state index is 11.5. The van der Waals surface area contributed by atoms with E-state index in [0.717, 1.165) is 18.9 Å². The van der Waals surface area contributed by atoms with Crippen molar-refractivity contribution in [1.82, 2.24) is 10.3 Å². The van der Waals surface area contributed by atoms with Gasteiger partial charge in [0.15, 0.2) is 0 Å². The summed E-state index contributed by atoms with van der Waals surface area (Å²) in [5.41, 5.74) is 2.25. The summed E-state index contributed by atoms with van der Waals surface area (Å²) in [7, 11) is 2.03. The molecule has 1 unspecified atom stereocenters. The lowest BCUT2D eigenvalue weighted by Crippen LogP contribution is -2.48. The maximum absolute atomic E-state index is 11.5. The Morgan fingerprint density at radius 1 is 1.44 bits per heavy atom. The van der Waals surface area contributed by atoms with E-state index in [9.17, 15) is 4.79 Å². The van der Waals surface area contributed by atoms with E-state index in [-0.39, 0.29) is 11.9 Å². The van der Waals surface area contributed by atoms with Crippen LogP contribution >= 0.6 is 0 Å².